The molecule has 1 aliphatic heterocycles. The first-order chi connectivity index (χ1) is 13.8. The minimum absolute atomic E-state index is 0.424. The molecule has 0 atom stereocenters. The number of hydrogen-bond acceptors (Lipinski definition) is 4. The molecule has 2 heterocycles. The van der Waals surface area contributed by atoms with Crippen LogP contribution in [-0.2, 0) is 0 Å². The van der Waals surface area contributed by atoms with Crippen LogP contribution in [0.5, 0.6) is 0 Å². The van der Waals surface area contributed by atoms with E-state index in [-0.39, 0.29) is 0 Å². The number of anilines is 3. The number of nitrogens with zero attached hydrogens (tertiary/aromatic N) is 3. The summed E-state index contributed by atoms with van der Waals surface area (Å²) in [5.41, 5.74) is 5.92. The number of hydrogen-bond donors (Lipinski definition) is 0. The topological polar surface area (TPSA) is 39.9 Å². The molecule has 0 unspecified atom stereocenters. The third-order valence-electron chi connectivity index (χ3n) is 4.74. The molecule has 1 aliphatic rings. The Morgan fingerprint density at radius 1 is 0.750 bits per heavy atom. The van der Waals surface area contributed by atoms with Crippen molar-refractivity contribution in [2.75, 3.05) is 4.90 Å². The zero-order chi connectivity index (χ0) is 18.9. The molecule has 28 heavy (non-hydrogen) atoms. The molecule has 0 saturated carbocycles. The van der Waals surface area contributed by atoms with Gasteiger partial charge in [-0.25, -0.2) is 4.98 Å². The number of pyridine rings is 1. The SMILES string of the molecule is N#Cc1cc(-c2cccc(N3c4ccccc4Sc4ccccc43)c2)ccn1. The average molecular weight is 377 g/mol. The smallest absolute Gasteiger partial charge is 0.141 e. The van der Waals surface area contributed by atoms with Gasteiger partial charge in [0.05, 0.1) is 11.4 Å². The lowest BCUT2D eigenvalue weighted by Crippen LogP contribution is -2.14. The Hall–Kier alpha value is -3.55. The van der Waals surface area contributed by atoms with Crippen LogP contribution >= 0.6 is 11.8 Å². The summed E-state index contributed by atoms with van der Waals surface area (Å²) in [6.45, 7) is 0. The molecule has 0 radical (unpaired) electrons. The Morgan fingerprint density at radius 3 is 2.14 bits per heavy atom. The third-order valence-corrected chi connectivity index (χ3v) is 5.87. The summed E-state index contributed by atoms with van der Waals surface area (Å²) in [5.74, 6) is 0. The molecule has 0 N–H and O–H groups in total. The van der Waals surface area contributed by atoms with Crippen molar-refractivity contribution in [3.63, 3.8) is 0 Å². The molecule has 3 nitrogen and oxygen atoms in total. The molecule has 0 bridgehead atoms. The standard InChI is InChI=1S/C24H15N3S/c25-16-19-14-18(12-13-26-19)17-6-5-7-20(15-17)27-21-8-1-3-10-23(21)28-24-11-4-2-9-22(24)27/h1-15H. The van der Waals surface area contributed by atoms with E-state index in [1.165, 1.54) is 21.2 Å². The highest BCUT2D eigenvalue weighted by molar-refractivity contribution is 7.99. The largest absolute Gasteiger partial charge is 0.308 e. The first-order valence-electron chi connectivity index (χ1n) is 8.96. The van der Waals surface area contributed by atoms with Crippen LogP contribution in [0.25, 0.3) is 11.1 Å². The molecular weight excluding hydrogens is 362 g/mol. The number of fused-ring (bicyclic) bond motifs is 2. The van der Waals surface area contributed by atoms with E-state index in [4.69, 9.17) is 5.26 Å². The predicted molar refractivity (Wildman–Crippen MR) is 113 cm³/mol. The van der Waals surface area contributed by atoms with E-state index < -0.39 is 0 Å². The van der Waals surface area contributed by atoms with Gasteiger partial charge < -0.3 is 4.90 Å². The second-order valence-electron chi connectivity index (χ2n) is 6.46. The van der Waals surface area contributed by atoms with Crippen molar-refractivity contribution < 1.29 is 0 Å². The molecule has 4 aromatic rings. The zero-order valence-electron chi connectivity index (χ0n) is 14.9. The highest BCUT2D eigenvalue weighted by Gasteiger charge is 2.24. The Kier molecular flexibility index (Phi) is 4.08. The summed E-state index contributed by atoms with van der Waals surface area (Å²) in [6, 6.07) is 31.2. The van der Waals surface area contributed by atoms with Crippen molar-refractivity contribution in [3.8, 4) is 17.2 Å². The number of benzene rings is 3. The molecule has 0 fully saturated rings. The van der Waals surface area contributed by atoms with E-state index in [0.29, 0.717) is 5.69 Å². The van der Waals surface area contributed by atoms with Crippen LogP contribution in [0.3, 0.4) is 0 Å². The molecule has 132 valence electrons. The van der Waals surface area contributed by atoms with E-state index in [9.17, 15) is 0 Å². The minimum atomic E-state index is 0.424. The Balaban J connectivity index is 1.67. The molecule has 1 aromatic heterocycles. The highest BCUT2D eigenvalue weighted by Crippen LogP contribution is 2.51. The molecule has 0 aliphatic carbocycles. The molecule has 4 heteroatoms. The van der Waals surface area contributed by atoms with Crippen LogP contribution in [0.2, 0.25) is 0 Å². The van der Waals surface area contributed by atoms with Gasteiger partial charge >= 0.3 is 0 Å². The zero-order valence-corrected chi connectivity index (χ0v) is 15.7. The second-order valence-corrected chi connectivity index (χ2v) is 7.55. The van der Waals surface area contributed by atoms with Crippen LogP contribution in [-0.4, -0.2) is 4.98 Å². The number of nitriles is 1. The van der Waals surface area contributed by atoms with Crippen LogP contribution < -0.4 is 4.90 Å². The molecular formula is C24H15N3S. The third kappa shape index (κ3) is 2.83. The number of aromatic nitrogens is 1. The van der Waals surface area contributed by atoms with Gasteiger partial charge in [0.1, 0.15) is 11.8 Å². The van der Waals surface area contributed by atoms with Crippen molar-refractivity contribution in [1.29, 1.82) is 5.26 Å². The maximum absolute atomic E-state index is 9.16. The molecule has 0 saturated heterocycles. The minimum Gasteiger partial charge on any atom is -0.308 e. The van der Waals surface area contributed by atoms with Crippen molar-refractivity contribution in [2.24, 2.45) is 0 Å². The van der Waals surface area contributed by atoms with Gasteiger partial charge in [0, 0.05) is 21.7 Å². The van der Waals surface area contributed by atoms with Crippen molar-refractivity contribution in [3.05, 3.63) is 96.8 Å². The maximum atomic E-state index is 9.16. The fraction of sp³-hybridized carbons (Fsp3) is 0. The molecule has 0 spiro atoms. The van der Waals surface area contributed by atoms with E-state index in [0.717, 1.165) is 16.8 Å². The van der Waals surface area contributed by atoms with Crippen molar-refractivity contribution >= 4 is 28.8 Å². The summed E-state index contributed by atoms with van der Waals surface area (Å²) in [5, 5.41) is 9.16. The van der Waals surface area contributed by atoms with Crippen LogP contribution in [0.4, 0.5) is 17.1 Å². The van der Waals surface area contributed by atoms with E-state index in [1.807, 2.05) is 12.1 Å². The normalized spacial score (nSPS) is 12.0. The number of rotatable bonds is 2. The summed E-state index contributed by atoms with van der Waals surface area (Å²) in [4.78, 5) is 8.86. The predicted octanol–water partition coefficient (Wildman–Crippen LogP) is 6.55. The summed E-state index contributed by atoms with van der Waals surface area (Å²) in [6.07, 6.45) is 1.68. The van der Waals surface area contributed by atoms with Gasteiger partial charge in [-0.05, 0) is 59.7 Å². The Bertz CT molecular complexity index is 1180. The van der Waals surface area contributed by atoms with Crippen LogP contribution in [0.1, 0.15) is 5.69 Å². The summed E-state index contributed by atoms with van der Waals surface area (Å²) < 4.78 is 0. The average Bonchev–Trinajstić information content (AvgIpc) is 2.77. The maximum Gasteiger partial charge on any atom is 0.141 e. The quantitative estimate of drug-likeness (QED) is 0.349. The molecule has 0 amide bonds. The van der Waals surface area contributed by atoms with Gasteiger partial charge in [0.25, 0.3) is 0 Å². The van der Waals surface area contributed by atoms with Gasteiger partial charge in [-0.2, -0.15) is 5.26 Å². The molecule has 3 aromatic carbocycles. The lowest BCUT2D eigenvalue weighted by molar-refractivity contribution is 1.17. The first kappa shape index (κ1) is 16.6. The van der Waals surface area contributed by atoms with Gasteiger partial charge in [-0.3, -0.25) is 0 Å². The van der Waals surface area contributed by atoms with Crippen LogP contribution in [0.15, 0.2) is 101 Å². The fourth-order valence-corrected chi connectivity index (χ4v) is 4.54. The lowest BCUT2D eigenvalue weighted by Gasteiger charge is -2.33. The van der Waals surface area contributed by atoms with E-state index in [1.54, 1.807) is 18.0 Å². The van der Waals surface area contributed by atoms with Crippen molar-refractivity contribution in [1.82, 2.24) is 4.98 Å². The van der Waals surface area contributed by atoms with Crippen LogP contribution in [0, 0.1) is 11.3 Å². The fourth-order valence-electron chi connectivity index (χ4n) is 3.48. The summed E-state index contributed by atoms with van der Waals surface area (Å²) >= 11 is 1.80. The number of para-hydroxylation sites is 2. The van der Waals surface area contributed by atoms with Gasteiger partial charge in [0.2, 0.25) is 0 Å². The Morgan fingerprint density at radius 2 is 1.43 bits per heavy atom. The monoisotopic (exact) mass is 377 g/mol. The molecule has 5 rings (SSSR count). The Labute approximate surface area is 167 Å². The van der Waals surface area contributed by atoms with Crippen molar-refractivity contribution in [2.45, 2.75) is 9.79 Å². The second kappa shape index (κ2) is 6.88. The first-order valence-corrected chi connectivity index (χ1v) is 9.78. The van der Waals surface area contributed by atoms with Gasteiger partial charge in [0.15, 0.2) is 0 Å². The van der Waals surface area contributed by atoms with E-state index in [2.05, 4.69) is 88.7 Å². The van der Waals surface area contributed by atoms with E-state index >= 15 is 0 Å². The lowest BCUT2D eigenvalue weighted by atomic mass is 10.0. The summed E-state index contributed by atoms with van der Waals surface area (Å²) in [7, 11) is 0. The van der Waals surface area contributed by atoms with Gasteiger partial charge in [-0.15, -0.1) is 0 Å². The van der Waals surface area contributed by atoms with Gasteiger partial charge in [-0.1, -0.05) is 48.2 Å². The highest BCUT2D eigenvalue weighted by atomic mass is 32.2.